The summed E-state index contributed by atoms with van der Waals surface area (Å²) in [5.74, 6) is 0. The Bertz CT molecular complexity index is 306. The van der Waals surface area contributed by atoms with Gasteiger partial charge in [-0.05, 0) is 22.0 Å². The third kappa shape index (κ3) is 2.18. The van der Waals surface area contributed by atoms with Crippen LogP contribution in [0.2, 0.25) is 5.02 Å². The van der Waals surface area contributed by atoms with Gasteiger partial charge in [0.2, 0.25) is 0 Å². The lowest BCUT2D eigenvalue weighted by Crippen LogP contribution is -1.86. The standard InChI is InChI=1S/C7H4BrClN2/c8-6-3-5(1-2-10)11-4-7(6)9/h3-4H,1H2. The first-order valence-electron chi connectivity index (χ1n) is 2.91. The molecule has 0 aliphatic rings. The molecule has 4 heteroatoms. The van der Waals surface area contributed by atoms with E-state index in [0.717, 1.165) is 10.2 Å². The topological polar surface area (TPSA) is 36.7 Å². The van der Waals surface area contributed by atoms with E-state index in [-0.39, 0.29) is 0 Å². The second kappa shape index (κ2) is 3.70. The van der Waals surface area contributed by atoms with Crippen LogP contribution < -0.4 is 0 Å². The minimum absolute atomic E-state index is 0.315. The van der Waals surface area contributed by atoms with Crippen molar-refractivity contribution >= 4 is 27.5 Å². The van der Waals surface area contributed by atoms with Crippen molar-refractivity contribution in [1.82, 2.24) is 4.98 Å². The maximum absolute atomic E-state index is 8.34. The summed E-state index contributed by atoms with van der Waals surface area (Å²) in [6.45, 7) is 0. The fourth-order valence-corrected chi connectivity index (χ4v) is 1.10. The lowest BCUT2D eigenvalue weighted by molar-refractivity contribution is 1.11. The molecule has 0 saturated heterocycles. The maximum atomic E-state index is 8.34. The van der Waals surface area contributed by atoms with E-state index in [2.05, 4.69) is 20.9 Å². The Labute approximate surface area is 77.9 Å². The maximum Gasteiger partial charge on any atom is 0.0775 e. The number of pyridine rings is 1. The molecule has 11 heavy (non-hydrogen) atoms. The van der Waals surface area contributed by atoms with Gasteiger partial charge in [-0.2, -0.15) is 5.26 Å². The second-order valence-corrected chi connectivity index (χ2v) is 3.19. The van der Waals surface area contributed by atoms with Crippen LogP contribution in [0.15, 0.2) is 16.7 Å². The second-order valence-electron chi connectivity index (χ2n) is 1.92. The van der Waals surface area contributed by atoms with Crippen LogP contribution in [0.4, 0.5) is 0 Å². The third-order valence-corrected chi connectivity index (χ3v) is 2.31. The highest BCUT2D eigenvalue weighted by Gasteiger charge is 1.98. The molecule has 0 aliphatic heterocycles. The highest BCUT2D eigenvalue weighted by Crippen LogP contribution is 2.21. The number of halogens is 2. The highest BCUT2D eigenvalue weighted by atomic mass is 79.9. The Kier molecular flexibility index (Phi) is 2.86. The van der Waals surface area contributed by atoms with Crippen molar-refractivity contribution in [3.8, 4) is 6.07 Å². The summed E-state index contributed by atoms with van der Waals surface area (Å²) in [6, 6.07) is 3.75. The van der Waals surface area contributed by atoms with Crippen molar-refractivity contribution in [2.24, 2.45) is 0 Å². The third-order valence-electron chi connectivity index (χ3n) is 1.13. The molecule has 0 aliphatic carbocycles. The van der Waals surface area contributed by atoms with Crippen LogP contribution in [0.25, 0.3) is 0 Å². The zero-order valence-electron chi connectivity index (χ0n) is 5.51. The van der Waals surface area contributed by atoms with Crippen LogP contribution in [0.5, 0.6) is 0 Å². The predicted molar refractivity (Wildman–Crippen MR) is 46.3 cm³/mol. The van der Waals surface area contributed by atoms with E-state index in [0.29, 0.717) is 11.4 Å². The van der Waals surface area contributed by atoms with Crippen LogP contribution in [0.1, 0.15) is 5.69 Å². The molecule has 1 heterocycles. The average Bonchev–Trinajstić information content (AvgIpc) is 1.98. The van der Waals surface area contributed by atoms with E-state index >= 15 is 0 Å². The summed E-state index contributed by atoms with van der Waals surface area (Å²) in [5.41, 5.74) is 0.726. The van der Waals surface area contributed by atoms with E-state index in [1.807, 2.05) is 6.07 Å². The number of nitriles is 1. The predicted octanol–water partition coefficient (Wildman–Crippen LogP) is 2.56. The first-order valence-corrected chi connectivity index (χ1v) is 4.08. The van der Waals surface area contributed by atoms with Gasteiger partial charge in [-0.3, -0.25) is 4.98 Å². The summed E-state index contributed by atoms with van der Waals surface area (Å²) in [7, 11) is 0. The van der Waals surface area contributed by atoms with Gasteiger partial charge < -0.3 is 0 Å². The molecule has 1 aromatic heterocycles. The molecule has 0 aromatic carbocycles. The zero-order valence-corrected chi connectivity index (χ0v) is 7.85. The van der Waals surface area contributed by atoms with Gasteiger partial charge in [-0.1, -0.05) is 11.6 Å². The van der Waals surface area contributed by atoms with E-state index < -0.39 is 0 Å². The van der Waals surface area contributed by atoms with E-state index in [4.69, 9.17) is 16.9 Å². The van der Waals surface area contributed by atoms with Crippen LogP contribution >= 0.6 is 27.5 Å². The van der Waals surface area contributed by atoms with Gasteiger partial charge in [0.15, 0.2) is 0 Å². The first kappa shape index (κ1) is 8.51. The molecule has 56 valence electrons. The summed E-state index contributed by atoms with van der Waals surface area (Å²) >= 11 is 8.92. The van der Waals surface area contributed by atoms with Gasteiger partial charge in [0.25, 0.3) is 0 Å². The van der Waals surface area contributed by atoms with Crippen LogP contribution in [-0.2, 0) is 6.42 Å². The Morgan fingerprint density at radius 2 is 2.45 bits per heavy atom. The Morgan fingerprint density at radius 1 is 1.73 bits per heavy atom. The molecule has 0 fully saturated rings. The average molecular weight is 231 g/mol. The number of hydrogen-bond acceptors (Lipinski definition) is 2. The largest absolute Gasteiger partial charge is 0.259 e. The Balaban J connectivity index is 2.98. The first-order chi connectivity index (χ1) is 5.24. The van der Waals surface area contributed by atoms with Gasteiger partial charge in [0, 0.05) is 10.7 Å². The summed E-state index contributed by atoms with van der Waals surface area (Å²) in [5, 5.41) is 8.90. The van der Waals surface area contributed by atoms with Crippen LogP contribution in [0, 0.1) is 11.3 Å². The molecule has 2 nitrogen and oxygen atoms in total. The highest BCUT2D eigenvalue weighted by molar-refractivity contribution is 9.10. The minimum Gasteiger partial charge on any atom is -0.259 e. The summed E-state index contributed by atoms with van der Waals surface area (Å²) in [4.78, 5) is 3.94. The van der Waals surface area contributed by atoms with Gasteiger partial charge >= 0.3 is 0 Å². The van der Waals surface area contributed by atoms with Gasteiger partial charge in [-0.25, -0.2) is 0 Å². The zero-order chi connectivity index (χ0) is 8.27. The number of aromatic nitrogens is 1. The minimum atomic E-state index is 0.315. The quantitative estimate of drug-likeness (QED) is 0.745. The smallest absolute Gasteiger partial charge is 0.0775 e. The van der Waals surface area contributed by atoms with Crippen molar-refractivity contribution in [3.63, 3.8) is 0 Å². The summed E-state index contributed by atoms with van der Waals surface area (Å²) in [6.07, 6.45) is 1.84. The van der Waals surface area contributed by atoms with E-state index in [1.165, 1.54) is 6.20 Å². The van der Waals surface area contributed by atoms with Crippen LogP contribution in [-0.4, -0.2) is 4.98 Å². The fraction of sp³-hybridized carbons (Fsp3) is 0.143. The Hall–Kier alpha value is -0.590. The van der Waals surface area contributed by atoms with Crippen molar-refractivity contribution in [1.29, 1.82) is 5.26 Å². The van der Waals surface area contributed by atoms with Gasteiger partial charge in [-0.15, -0.1) is 0 Å². The number of rotatable bonds is 1. The Morgan fingerprint density at radius 3 is 3.00 bits per heavy atom. The van der Waals surface area contributed by atoms with Crippen molar-refractivity contribution < 1.29 is 0 Å². The molecule has 0 N–H and O–H groups in total. The lowest BCUT2D eigenvalue weighted by atomic mass is 10.3. The SMILES string of the molecule is N#CCc1cc(Br)c(Cl)cn1. The molecular weight excluding hydrogens is 227 g/mol. The van der Waals surface area contributed by atoms with Gasteiger partial charge in [0.05, 0.1) is 23.2 Å². The molecule has 0 bridgehead atoms. The molecule has 0 saturated carbocycles. The lowest BCUT2D eigenvalue weighted by Gasteiger charge is -1.96. The van der Waals surface area contributed by atoms with Crippen molar-refractivity contribution in [2.75, 3.05) is 0 Å². The molecule has 0 unspecified atom stereocenters. The van der Waals surface area contributed by atoms with Gasteiger partial charge in [0.1, 0.15) is 0 Å². The van der Waals surface area contributed by atoms with E-state index in [1.54, 1.807) is 6.07 Å². The molecular formula is C7H4BrClN2. The molecule has 0 spiro atoms. The molecule has 0 radical (unpaired) electrons. The molecule has 0 amide bonds. The normalized spacial score (nSPS) is 9.18. The monoisotopic (exact) mass is 230 g/mol. The fourth-order valence-electron chi connectivity index (χ4n) is 0.631. The molecule has 1 rings (SSSR count). The van der Waals surface area contributed by atoms with Crippen molar-refractivity contribution in [3.05, 3.63) is 27.5 Å². The van der Waals surface area contributed by atoms with E-state index in [9.17, 15) is 0 Å². The number of hydrogen-bond donors (Lipinski definition) is 0. The van der Waals surface area contributed by atoms with Crippen LogP contribution in [0.3, 0.4) is 0 Å². The molecule has 0 atom stereocenters. The number of nitrogens with zero attached hydrogens (tertiary/aromatic N) is 2. The molecule has 1 aromatic rings. The van der Waals surface area contributed by atoms with Crippen molar-refractivity contribution in [2.45, 2.75) is 6.42 Å². The summed E-state index contributed by atoms with van der Waals surface area (Å²) < 4.78 is 0.777.